The summed E-state index contributed by atoms with van der Waals surface area (Å²) in [7, 11) is 0. The van der Waals surface area contributed by atoms with Gasteiger partial charge in [0.15, 0.2) is 5.16 Å². The third-order valence-electron chi connectivity index (χ3n) is 2.81. The fourth-order valence-electron chi connectivity index (χ4n) is 1.86. The van der Waals surface area contributed by atoms with Crippen molar-refractivity contribution in [2.75, 3.05) is 0 Å². The van der Waals surface area contributed by atoms with Crippen molar-refractivity contribution >= 4 is 11.8 Å². The molecule has 0 unspecified atom stereocenters. The van der Waals surface area contributed by atoms with Crippen LogP contribution in [-0.4, -0.2) is 19.9 Å². The molecule has 2 N–H and O–H groups in total. The summed E-state index contributed by atoms with van der Waals surface area (Å²) in [5, 5.41) is 16.4. The van der Waals surface area contributed by atoms with Gasteiger partial charge in [0.2, 0.25) is 0 Å². The molecule has 7 heteroatoms. The van der Waals surface area contributed by atoms with Gasteiger partial charge in [0.25, 0.3) is 0 Å². The molecule has 2 rings (SSSR count). The van der Waals surface area contributed by atoms with E-state index in [1.54, 1.807) is 19.1 Å². The molecule has 1 aromatic heterocycles. The molecule has 0 fully saturated rings. The largest absolute Gasteiger partial charge is 0.389 e. The first-order valence-corrected chi connectivity index (χ1v) is 7.15. The van der Waals surface area contributed by atoms with Gasteiger partial charge in [-0.25, -0.2) is 14.3 Å². The number of hydrogen-bond donors (Lipinski definition) is 2. The molecule has 1 heterocycles. The number of aromatic nitrogens is 3. The Labute approximate surface area is 119 Å². The highest BCUT2D eigenvalue weighted by atomic mass is 32.2. The summed E-state index contributed by atoms with van der Waals surface area (Å²) < 4.78 is 15.4. The summed E-state index contributed by atoms with van der Waals surface area (Å²) in [5.74, 6) is -0.438. The predicted molar refractivity (Wildman–Crippen MR) is 74.3 cm³/mol. The van der Waals surface area contributed by atoms with Crippen LogP contribution in [0.4, 0.5) is 4.39 Å². The van der Waals surface area contributed by atoms with Gasteiger partial charge in [0.1, 0.15) is 5.82 Å². The first-order chi connectivity index (χ1) is 9.54. The van der Waals surface area contributed by atoms with Crippen molar-refractivity contribution in [3.63, 3.8) is 0 Å². The molecule has 0 spiro atoms. The Balaban J connectivity index is 2.42. The van der Waals surface area contributed by atoms with Crippen LogP contribution in [0.5, 0.6) is 0 Å². The van der Waals surface area contributed by atoms with E-state index >= 15 is 0 Å². The summed E-state index contributed by atoms with van der Waals surface area (Å²) in [6.45, 7) is 4.02. The Kier molecular flexibility index (Phi) is 4.61. The summed E-state index contributed by atoms with van der Waals surface area (Å²) in [6, 6.07) is 4.53. The minimum absolute atomic E-state index is 0.291. The average Bonchev–Trinajstić information content (AvgIpc) is 2.74. The highest BCUT2D eigenvalue weighted by Crippen LogP contribution is 2.33. The van der Waals surface area contributed by atoms with Crippen molar-refractivity contribution in [3.05, 3.63) is 40.1 Å². The quantitative estimate of drug-likeness (QED) is 0.888. The van der Waals surface area contributed by atoms with Crippen LogP contribution < -0.4 is 5.69 Å². The number of halogens is 1. The van der Waals surface area contributed by atoms with E-state index in [0.29, 0.717) is 22.2 Å². The van der Waals surface area contributed by atoms with Crippen LogP contribution in [0.3, 0.4) is 0 Å². The molecule has 0 aliphatic rings. The number of H-pyrrole nitrogens is 1. The highest BCUT2D eigenvalue weighted by Gasteiger charge is 2.17. The summed E-state index contributed by atoms with van der Waals surface area (Å²) >= 11 is 1.04. The monoisotopic (exact) mass is 297 g/mol. The molecular weight excluding hydrogens is 281 g/mol. The molecule has 0 aliphatic heterocycles. The Hall–Kier alpha value is -1.60. The van der Waals surface area contributed by atoms with Crippen LogP contribution in [-0.2, 0) is 6.54 Å². The van der Waals surface area contributed by atoms with E-state index in [9.17, 15) is 14.3 Å². The maximum absolute atomic E-state index is 14.0. The Morgan fingerprint density at radius 1 is 1.55 bits per heavy atom. The number of nitrogens with one attached hydrogen (secondary N) is 1. The maximum atomic E-state index is 14.0. The first-order valence-electron chi connectivity index (χ1n) is 6.34. The van der Waals surface area contributed by atoms with Crippen molar-refractivity contribution < 1.29 is 9.50 Å². The standard InChI is InChI=1S/C13H16FN3O2S/c1-3-7-17-12(19)15-16-13(17)20-11-9(8(2)18)5-4-6-10(11)14/h4-6,8,18H,3,7H2,1-2H3,(H,15,19)/t8-/m1/s1. The number of benzene rings is 1. The molecule has 0 saturated carbocycles. The van der Waals surface area contributed by atoms with E-state index < -0.39 is 11.9 Å². The van der Waals surface area contributed by atoms with Crippen LogP contribution >= 0.6 is 11.8 Å². The van der Waals surface area contributed by atoms with E-state index in [1.165, 1.54) is 10.6 Å². The lowest BCUT2D eigenvalue weighted by Gasteiger charge is -2.12. The van der Waals surface area contributed by atoms with Gasteiger partial charge in [-0.15, -0.1) is 5.10 Å². The molecule has 0 saturated heterocycles. The summed E-state index contributed by atoms with van der Waals surface area (Å²) in [6.07, 6.45) is -0.0217. The van der Waals surface area contributed by atoms with Gasteiger partial charge in [0, 0.05) is 6.54 Å². The van der Waals surface area contributed by atoms with Gasteiger partial charge < -0.3 is 5.11 Å². The molecule has 0 aliphatic carbocycles. The van der Waals surface area contributed by atoms with Gasteiger partial charge in [-0.2, -0.15) is 0 Å². The smallest absolute Gasteiger partial charge is 0.343 e. The van der Waals surface area contributed by atoms with Gasteiger partial charge in [-0.1, -0.05) is 19.1 Å². The van der Waals surface area contributed by atoms with Crippen molar-refractivity contribution in [2.24, 2.45) is 0 Å². The van der Waals surface area contributed by atoms with Crippen molar-refractivity contribution in [1.29, 1.82) is 0 Å². The van der Waals surface area contributed by atoms with Gasteiger partial charge in [-0.05, 0) is 36.7 Å². The third kappa shape index (κ3) is 2.94. The molecule has 0 bridgehead atoms. The lowest BCUT2D eigenvalue weighted by Crippen LogP contribution is -2.17. The zero-order valence-electron chi connectivity index (χ0n) is 11.3. The molecule has 0 amide bonds. The fraction of sp³-hybridized carbons (Fsp3) is 0.385. The highest BCUT2D eigenvalue weighted by molar-refractivity contribution is 7.99. The number of aromatic amines is 1. The van der Waals surface area contributed by atoms with Gasteiger partial charge in [0.05, 0.1) is 11.0 Å². The summed E-state index contributed by atoms with van der Waals surface area (Å²) in [4.78, 5) is 11.9. The zero-order chi connectivity index (χ0) is 14.7. The fourth-order valence-corrected chi connectivity index (χ4v) is 2.94. The Morgan fingerprint density at radius 3 is 2.95 bits per heavy atom. The lowest BCUT2D eigenvalue weighted by atomic mass is 10.1. The number of aliphatic hydroxyl groups is 1. The second-order valence-corrected chi connectivity index (χ2v) is 5.38. The number of nitrogens with zero attached hydrogens (tertiary/aromatic N) is 2. The van der Waals surface area contributed by atoms with Crippen LogP contribution in [0.2, 0.25) is 0 Å². The van der Waals surface area contributed by atoms with Crippen LogP contribution in [0.25, 0.3) is 0 Å². The number of aliphatic hydroxyl groups excluding tert-OH is 1. The van der Waals surface area contributed by atoms with E-state index in [0.717, 1.165) is 18.2 Å². The molecule has 1 atom stereocenters. The summed E-state index contributed by atoms with van der Waals surface area (Å²) in [5.41, 5.74) is 0.165. The predicted octanol–water partition coefficient (Wildman–Crippen LogP) is 2.32. The van der Waals surface area contributed by atoms with Gasteiger partial charge >= 0.3 is 5.69 Å². The number of rotatable bonds is 5. The number of hydrogen-bond acceptors (Lipinski definition) is 4. The molecular formula is C13H16FN3O2S. The Morgan fingerprint density at radius 2 is 2.30 bits per heavy atom. The topological polar surface area (TPSA) is 70.9 Å². The molecule has 108 valence electrons. The molecule has 2 aromatic rings. The minimum Gasteiger partial charge on any atom is -0.389 e. The second-order valence-electron chi connectivity index (χ2n) is 4.40. The third-order valence-corrected chi connectivity index (χ3v) is 3.94. The molecule has 1 aromatic carbocycles. The van der Waals surface area contributed by atoms with Crippen molar-refractivity contribution in [1.82, 2.24) is 14.8 Å². The molecule has 5 nitrogen and oxygen atoms in total. The SMILES string of the molecule is CCCn1c(Sc2c(F)cccc2[C@@H](C)O)n[nH]c1=O. The average molecular weight is 297 g/mol. The normalized spacial score (nSPS) is 12.6. The van der Waals surface area contributed by atoms with Crippen LogP contribution in [0.15, 0.2) is 33.0 Å². The van der Waals surface area contributed by atoms with E-state index in [1.807, 2.05) is 6.92 Å². The second kappa shape index (κ2) is 6.23. The van der Waals surface area contributed by atoms with E-state index in [2.05, 4.69) is 10.2 Å². The first kappa shape index (κ1) is 14.8. The van der Waals surface area contributed by atoms with Crippen molar-refractivity contribution in [2.45, 2.75) is 43.0 Å². The van der Waals surface area contributed by atoms with Crippen LogP contribution in [0.1, 0.15) is 31.9 Å². The van der Waals surface area contributed by atoms with Crippen LogP contribution in [0, 0.1) is 5.82 Å². The van der Waals surface area contributed by atoms with Crippen molar-refractivity contribution in [3.8, 4) is 0 Å². The van der Waals surface area contributed by atoms with E-state index in [-0.39, 0.29) is 5.69 Å². The minimum atomic E-state index is -0.793. The van der Waals surface area contributed by atoms with E-state index in [4.69, 9.17) is 0 Å². The Bertz CT molecular complexity index is 651. The maximum Gasteiger partial charge on any atom is 0.343 e. The molecule has 0 radical (unpaired) electrons. The lowest BCUT2D eigenvalue weighted by molar-refractivity contribution is 0.195. The zero-order valence-corrected chi connectivity index (χ0v) is 12.1. The van der Waals surface area contributed by atoms with Gasteiger partial charge in [-0.3, -0.25) is 4.57 Å². The molecule has 20 heavy (non-hydrogen) atoms.